The van der Waals surface area contributed by atoms with E-state index in [1.165, 1.54) is 0 Å². The largest absolute Gasteiger partial charge is 0.484 e. The highest BCUT2D eigenvalue weighted by molar-refractivity contribution is 6.32. The molecular weight excluding hydrogens is 328 g/mol. The second-order valence-electron chi connectivity index (χ2n) is 5.30. The fourth-order valence-corrected chi connectivity index (χ4v) is 2.06. The smallest absolute Gasteiger partial charge is 0.277 e. The average molecular weight is 347 g/mol. The number of allylic oxidation sites excluding steroid dienone is 1. The summed E-state index contributed by atoms with van der Waals surface area (Å²) in [4.78, 5) is 11.8. The molecule has 1 heterocycles. The van der Waals surface area contributed by atoms with E-state index in [4.69, 9.17) is 20.8 Å². The van der Waals surface area contributed by atoms with Crippen LogP contribution in [0.3, 0.4) is 0 Å². The zero-order valence-corrected chi connectivity index (χ0v) is 14.6. The van der Waals surface area contributed by atoms with Gasteiger partial charge in [0.1, 0.15) is 11.5 Å². The van der Waals surface area contributed by atoms with Gasteiger partial charge in [0.15, 0.2) is 6.61 Å². The molecule has 0 bridgehead atoms. The summed E-state index contributed by atoms with van der Waals surface area (Å²) < 4.78 is 10.6. The molecule has 0 aliphatic rings. The van der Waals surface area contributed by atoms with Crippen molar-refractivity contribution in [3.8, 4) is 5.75 Å². The van der Waals surface area contributed by atoms with Crippen molar-refractivity contribution in [3.05, 3.63) is 58.5 Å². The number of hydrogen-bond donors (Lipinski definition) is 1. The van der Waals surface area contributed by atoms with Crippen LogP contribution < -0.4 is 10.2 Å². The number of furan rings is 1. The molecule has 1 N–H and O–H groups in total. The van der Waals surface area contributed by atoms with Gasteiger partial charge in [-0.3, -0.25) is 4.79 Å². The minimum atomic E-state index is -0.342. The van der Waals surface area contributed by atoms with Crippen LogP contribution in [0.15, 0.2) is 46.1 Å². The first-order chi connectivity index (χ1) is 11.5. The van der Waals surface area contributed by atoms with Gasteiger partial charge in [0, 0.05) is 5.02 Å². The first-order valence-electron chi connectivity index (χ1n) is 7.40. The number of rotatable bonds is 6. The Kier molecular flexibility index (Phi) is 6.21. The lowest BCUT2D eigenvalue weighted by molar-refractivity contribution is -0.123. The van der Waals surface area contributed by atoms with Gasteiger partial charge in [-0.1, -0.05) is 11.6 Å². The topological polar surface area (TPSA) is 63.8 Å². The summed E-state index contributed by atoms with van der Waals surface area (Å²) in [6.07, 6.45) is 5.10. The van der Waals surface area contributed by atoms with Gasteiger partial charge in [0.2, 0.25) is 0 Å². The van der Waals surface area contributed by atoms with E-state index in [0.717, 1.165) is 11.1 Å². The van der Waals surface area contributed by atoms with Gasteiger partial charge in [-0.2, -0.15) is 5.10 Å². The molecule has 0 aliphatic carbocycles. The maximum Gasteiger partial charge on any atom is 0.277 e. The molecule has 5 nitrogen and oxygen atoms in total. The monoisotopic (exact) mass is 346 g/mol. The summed E-state index contributed by atoms with van der Waals surface area (Å²) in [5.74, 6) is 0.974. The third-order valence-electron chi connectivity index (χ3n) is 3.17. The Balaban J connectivity index is 1.84. The molecule has 0 radical (unpaired) electrons. The quantitative estimate of drug-likeness (QED) is 0.631. The van der Waals surface area contributed by atoms with Crippen molar-refractivity contribution < 1.29 is 13.9 Å². The van der Waals surface area contributed by atoms with Crippen LogP contribution in [0.5, 0.6) is 5.75 Å². The van der Waals surface area contributed by atoms with E-state index in [0.29, 0.717) is 22.2 Å². The summed E-state index contributed by atoms with van der Waals surface area (Å²) in [7, 11) is 0. The predicted molar refractivity (Wildman–Crippen MR) is 95.4 cm³/mol. The lowest BCUT2D eigenvalue weighted by Gasteiger charge is -2.09. The zero-order chi connectivity index (χ0) is 17.5. The molecule has 24 heavy (non-hydrogen) atoms. The Labute approximate surface area is 146 Å². The van der Waals surface area contributed by atoms with Crippen LogP contribution >= 0.6 is 11.6 Å². The van der Waals surface area contributed by atoms with E-state index in [1.807, 2.05) is 19.9 Å². The van der Waals surface area contributed by atoms with E-state index >= 15 is 0 Å². The summed E-state index contributed by atoms with van der Waals surface area (Å²) in [5.41, 5.74) is 4.89. The maximum absolute atomic E-state index is 11.8. The Hall–Kier alpha value is -2.53. The fraction of sp³-hybridized carbons (Fsp3) is 0.222. The van der Waals surface area contributed by atoms with Gasteiger partial charge < -0.3 is 9.15 Å². The van der Waals surface area contributed by atoms with Gasteiger partial charge in [-0.15, -0.1) is 0 Å². The van der Waals surface area contributed by atoms with Crippen LogP contribution in [-0.4, -0.2) is 18.2 Å². The summed E-state index contributed by atoms with van der Waals surface area (Å²) in [5, 5.41) is 4.68. The molecule has 1 aromatic carbocycles. The first-order valence-corrected chi connectivity index (χ1v) is 7.78. The van der Waals surface area contributed by atoms with Gasteiger partial charge in [-0.25, -0.2) is 5.43 Å². The van der Waals surface area contributed by atoms with Crippen LogP contribution in [-0.2, 0) is 4.79 Å². The zero-order valence-electron chi connectivity index (χ0n) is 13.8. The van der Waals surface area contributed by atoms with Gasteiger partial charge in [-0.05, 0) is 68.3 Å². The number of carbonyl (C=O) groups excluding carboxylic acids is 1. The highest BCUT2D eigenvalue weighted by atomic mass is 35.5. The molecule has 2 rings (SSSR count). The van der Waals surface area contributed by atoms with Crippen molar-refractivity contribution in [2.24, 2.45) is 5.10 Å². The molecular formula is C18H19ClN2O3. The summed E-state index contributed by atoms with van der Waals surface area (Å²) >= 11 is 6.10. The number of amides is 1. The van der Waals surface area contributed by atoms with Crippen molar-refractivity contribution in [1.29, 1.82) is 0 Å². The highest BCUT2D eigenvalue weighted by Gasteiger charge is 2.06. The molecule has 2 aromatic rings. The molecule has 0 atom stereocenters. The van der Waals surface area contributed by atoms with E-state index < -0.39 is 0 Å². The second-order valence-corrected chi connectivity index (χ2v) is 5.67. The number of aryl methyl sites for hydroxylation is 2. The Morgan fingerprint density at radius 1 is 1.38 bits per heavy atom. The third-order valence-corrected chi connectivity index (χ3v) is 3.77. The van der Waals surface area contributed by atoms with Crippen LogP contribution in [0.1, 0.15) is 23.8 Å². The molecule has 1 amide bonds. The lowest BCUT2D eigenvalue weighted by Crippen LogP contribution is -2.25. The second kappa shape index (κ2) is 8.36. The number of ether oxygens (including phenoxy) is 1. The Morgan fingerprint density at radius 3 is 2.71 bits per heavy atom. The number of hydrogen-bond acceptors (Lipinski definition) is 4. The van der Waals surface area contributed by atoms with Crippen LogP contribution in [0.4, 0.5) is 0 Å². The first kappa shape index (κ1) is 17.8. The number of nitrogens with zero attached hydrogens (tertiary/aromatic N) is 1. The molecule has 0 saturated heterocycles. The molecule has 1 aromatic heterocycles. The fourth-order valence-electron chi connectivity index (χ4n) is 1.95. The van der Waals surface area contributed by atoms with Crippen LogP contribution in [0.25, 0.3) is 6.08 Å². The highest BCUT2D eigenvalue weighted by Crippen LogP contribution is 2.25. The van der Waals surface area contributed by atoms with Crippen molar-refractivity contribution >= 4 is 29.3 Å². The Morgan fingerprint density at radius 2 is 2.08 bits per heavy atom. The van der Waals surface area contributed by atoms with Crippen molar-refractivity contribution in [2.75, 3.05) is 6.61 Å². The molecule has 6 heteroatoms. The molecule has 0 unspecified atom stereocenters. The molecule has 126 valence electrons. The minimum Gasteiger partial charge on any atom is -0.484 e. The normalized spacial score (nSPS) is 11.8. The molecule has 0 spiro atoms. The third kappa shape index (κ3) is 5.28. The molecule has 0 aliphatic heterocycles. The predicted octanol–water partition coefficient (Wildman–Crippen LogP) is 4.13. The number of halogens is 1. The standard InChI is InChI=1S/C18H19ClN2O3/c1-12-9-16(10-13(2)18(12)19)24-11-17(22)21-20-14(3)6-7-15-5-4-8-23-15/h4-10H,11H2,1-3H3,(H,21,22)/b7-6+,20-14-. The number of benzene rings is 1. The van der Waals surface area contributed by atoms with Crippen molar-refractivity contribution in [1.82, 2.24) is 5.43 Å². The van der Waals surface area contributed by atoms with E-state index in [2.05, 4.69) is 10.5 Å². The van der Waals surface area contributed by atoms with Crippen molar-refractivity contribution in [3.63, 3.8) is 0 Å². The molecule has 0 saturated carbocycles. The van der Waals surface area contributed by atoms with Gasteiger partial charge in [0.25, 0.3) is 5.91 Å². The number of carbonyl (C=O) groups is 1. The van der Waals surface area contributed by atoms with Crippen LogP contribution in [0.2, 0.25) is 5.02 Å². The molecule has 0 fully saturated rings. The summed E-state index contributed by atoms with van der Waals surface area (Å²) in [6, 6.07) is 7.21. The van der Waals surface area contributed by atoms with E-state index in [-0.39, 0.29) is 12.5 Å². The summed E-state index contributed by atoms with van der Waals surface area (Å²) in [6.45, 7) is 5.42. The Bertz CT molecular complexity index is 742. The van der Waals surface area contributed by atoms with Gasteiger partial charge >= 0.3 is 0 Å². The number of hydrazone groups is 1. The van der Waals surface area contributed by atoms with Crippen molar-refractivity contribution in [2.45, 2.75) is 20.8 Å². The maximum atomic E-state index is 11.8. The average Bonchev–Trinajstić information content (AvgIpc) is 3.07. The van der Waals surface area contributed by atoms with E-state index in [1.54, 1.807) is 43.5 Å². The van der Waals surface area contributed by atoms with Crippen LogP contribution in [0, 0.1) is 13.8 Å². The number of nitrogens with one attached hydrogen (secondary N) is 1. The van der Waals surface area contributed by atoms with Gasteiger partial charge in [0.05, 0.1) is 12.0 Å². The lowest BCUT2D eigenvalue weighted by atomic mass is 10.1. The SMILES string of the molecule is CC(/C=C/c1ccco1)=N/NC(=O)COc1cc(C)c(Cl)c(C)c1. The minimum absolute atomic E-state index is 0.126. The van der Waals surface area contributed by atoms with E-state index in [9.17, 15) is 4.79 Å².